The Morgan fingerprint density at radius 2 is 1.91 bits per heavy atom. The quantitative estimate of drug-likeness (QED) is 0.715. The van der Waals surface area contributed by atoms with E-state index < -0.39 is 5.82 Å². The largest absolute Gasteiger partial charge is 0.291 e. The highest BCUT2D eigenvalue weighted by atomic mass is 35.5. The molecular weight excluding hydrogens is 315 g/mol. The molecule has 0 unspecified atom stereocenters. The van der Waals surface area contributed by atoms with Gasteiger partial charge in [-0.05, 0) is 24.3 Å². The predicted molar refractivity (Wildman–Crippen MR) is 90.6 cm³/mol. The average molecular weight is 331 g/mol. The van der Waals surface area contributed by atoms with Crippen molar-refractivity contribution >= 4 is 22.5 Å². The lowest BCUT2D eigenvalue weighted by Crippen LogP contribution is -2.27. The lowest BCUT2D eigenvalue weighted by Gasteiger charge is -2.17. The number of para-hydroxylation sites is 1. The molecule has 0 atom stereocenters. The van der Waals surface area contributed by atoms with Crippen LogP contribution in [0.3, 0.4) is 0 Å². The van der Waals surface area contributed by atoms with Gasteiger partial charge in [0.15, 0.2) is 0 Å². The van der Waals surface area contributed by atoms with E-state index in [1.807, 2.05) is 26.0 Å². The fourth-order valence-electron chi connectivity index (χ4n) is 2.62. The van der Waals surface area contributed by atoms with Gasteiger partial charge in [0.1, 0.15) is 11.6 Å². The molecule has 2 aromatic carbocycles. The van der Waals surface area contributed by atoms with Crippen LogP contribution in [0.1, 0.15) is 31.2 Å². The van der Waals surface area contributed by atoms with E-state index in [-0.39, 0.29) is 18.0 Å². The average Bonchev–Trinajstić information content (AvgIpc) is 2.52. The summed E-state index contributed by atoms with van der Waals surface area (Å²) in [7, 11) is 0. The van der Waals surface area contributed by atoms with E-state index in [0.717, 1.165) is 0 Å². The maximum Gasteiger partial charge on any atom is 0.261 e. The number of hydrogen-bond donors (Lipinski definition) is 0. The van der Waals surface area contributed by atoms with Crippen LogP contribution in [0, 0.1) is 5.82 Å². The van der Waals surface area contributed by atoms with Crippen LogP contribution < -0.4 is 5.56 Å². The molecule has 0 radical (unpaired) electrons. The number of fused-ring (bicyclic) bond motifs is 1. The molecule has 0 aliphatic heterocycles. The van der Waals surface area contributed by atoms with Crippen LogP contribution in [-0.2, 0) is 6.54 Å². The zero-order valence-electron chi connectivity index (χ0n) is 12.9. The van der Waals surface area contributed by atoms with Crippen LogP contribution in [0.5, 0.6) is 0 Å². The Hall–Kier alpha value is -2.20. The van der Waals surface area contributed by atoms with Crippen molar-refractivity contribution in [2.75, 3.05) is 0 Å². The molecule has 0 aliphatic carbocycles. The monoisotopic (exact) mass is 330 g/mol. The van der Waals surface area contributed by atoms with Crippen LogP contribution in [0.2, 0.25) is 5.02 Å². The molecule has 3 aromatic rings. The van der Waals surface area contributed by atoms with Gasteiger partial charge in [-0.3, -0.25) is 9.36 Å². The Morgan fingerprint density at radius 3 is 2.61 bits per heavy atom. The summed E-state index contributed by atoms with van der Waals surface area (Å²) in [5.74, 6) is 0.220. The van der Waals surface area contributed by atoms with Gasteiger partial charge in [0, 0.05) is 16.5 Å². The third-order valence-electron chi connectivity index (χ3n) is 3.79. The molecule has 0 aliphatic rings. The number of hydrogen-bond acceptors (Lipinski definition) is 2. The highest BCUT2D eigenvalue weighted by molar-refractivity contribution is 6.31. The second-order valence-corrected chi connectivity index (χ2v) is 6.14. The first-order valence-corrected chi connectivity index (χ1v) is 7.79. The Morgan fingerprint density at radius 1 is 1.17 bits per heavy atom. The van der Waals surface area contributed by atoms with Crippen LogP contribution in [-0.4, -0.2) is 9.55 Å². The summed E-state index contributed by atoms with van der Waals surface area (Å²) in [6, 6.07) is 11.7. The van der Waals surface area contributed by atoms with E-state index in [9.17, 15) is 9.18 Å². The minimum Gasteiger partial charge on any atom is -0.291 e. The molecule has 0 saturated carbocycles. The van der Waals surface area contributed by atoms with E-state index in [1.54, 1.807) is 24.3 Å². The van der Waals surface area contributed by atoms with Crippen molar-refractivity contribution in [2.45, 2.75) is 26.3 Å². The minimum atomic E-state index is -0.424. The summed E-state index contributed by atoms with van der Waals surface area (Å²) in [6.07, 6.45) is 0. The Kier molecular flexibility index (Phi) is 4.18. The van der Waals surface area contributed by atoms with Gasteiger partial charge in [-0.1, -0.05) is 43.6 Å². The number of halogens is 2. The Balaban J connectivity index is 2.25. The zero-order valence-corrected chi connectivity index (χ0v) is 13.6. The van der Waals surface area contributed by atoms with Crippen molar-refractivity contribution < 1.29 is 4.39 Å². The summed E-state index contributed by atoms with van der Waals surface area (Å²) in [5.41, 5.74) is 0.769. The third-order valence-corrected chi connectivity index (χ3v) is 4.14. The lowest BCUT2D eigenvalue weighted by molar-refractivity contribution is 0.578. The fourth-order valence-corrected chi connectivity index (χ4v) is 2.84. The molecule has 3 rings (SSSR count). The molecule has 23 heavy (non-hydrogen) atoms. The maximum atomic E-state index is 14.1. The number of nitrogens with zero attached hydrogens (tertiary/aromatic N) is 2. The fraction of sp³-hybridized carbons (Fsp3) is 0.222. The van der Waals surface area contributed by atoms with Gasteiger partial charge in [-0.2, -0.15) is 0 Å². The number of benzene rings is 2. The zero-order chi connectivity index (χ0) is 16.6. The molecule has 5 heteroatoms. The van der Waals surface area contributed by atoms with E-state index in [2.05, 4.69) is 4.98 Å². The van der Waals surface area contributed by atoms with Crippen molar-refractivity contribution in [3.63, 3.8) is 0 Å². The number of rotatable bonds is 3. The first-order valence-electron chi connectivity index (χ1n) is 7.41. The predicted octanol–water partition coefficient (Wildman–Crippen LogP) is 4.36. The third kappa shape index (κ3) is 2.86. The molecule has 0 N–H and O–H groups in total. The van der Waals surface area contributed by atoms with Gasteiger partial charge in [0.25, 0.3) is 5.56 Å². The van der Waals surface area contributed by atoms with Gasteiger partial charge in [0.2, 0.25) is 0 Å². The second-order valence-electron chi connectivity index (χ2n) is 5.73. The van der Waals surface area contributed by atoms with Crippen molar-refractivity contribution in [3.05, 3.63) is 75.0 Å². The number of aromatic nitrogens is 2. The van der Waals surface area contributed by atoms with E-state index >= 15 is 0 Å². The van der Waals surface area contributed by atoms with Gasteiger partial charge >= 0.3 is 0 Å². The minimum absolute atomic E-state index is 0.0258. The SMILES string of the molecule is CC(C)c1nc2ccccc2c(=O)n1Cc1c(F)cccc1Cl. The van der Waals surface area contributed by atoms with Crippen molar-refractivity contribution in [3.8, 4) is 0 Å². The van der Waals surface area contributed by atoms with Crippen molar-refractivity contribution in [2.24, 2.45) is 0 Å². The standard InChI is InChI=1S/C18H16ClFN2O/c1-11(2)17-21-16-9-4-3-6-12(16)18(23)22(17)10-13-14(19)7-5-8-15(13)20/h3-9,11H,10H2,1-2H3. The van der Waals surface area contributed by atoms with Gasteiger partial charge in [-0.15, -0.1) is 0 Å². The topological polar surface area (TPSA) is 34.9 Å². The van der Waals surface area contributed by atoms with E-state index in [4.69, 9.17) is 11.6 Å². The Bertz CT molecular complexity index is 914. The van der Waals surface area contributed by atoms with Crippen LogP contribution in [0.15, 0.2) is 47.3 Å². The summed E-state index contributed by atoms with van der Waals surface area (Å²) >= 11 is 6.11. The molecule has 118 valence electrons. The molecular formula is C18H16ClFN2O. The summed E-state index contributed by atoms with van der Waals surface area (Å²) in [6.45, 7) is 3.97. The molecule has 0 spiro atoms. The molecule has 3 nitrogen and oxygen atoms in total. The van der Waals surface area contributed by atoms with Crippen molar-refractivity contribution in [1.29, 1.82) is 0 Å². The summed E-state index contributed by atoms with van der Waals surface area (Å²) < 4.78 is 15.6. The molecule has 0 bridgehead atoms. The molecule has 0 fully saturated rings. The maximum absolute atomic E-state index is 14.1. The van der Waals surface area contributed by atoms with Gasteiger partial charge in [0.05, 0.1) is 17.4 Å². The first kappa shape index (κ1) is 15.7. The molecule has 0 amide bonds. The highest BCUT2D eigenvalue weighted by Gasteiger charge is 2.16. The van der Waals surface area contributed by atoms with E-state index in [1.165, 1.54) is 10.6 Å². The molecule has 1 aromatic heterocycles. The van der Waals surface area contributed by atoms with Crippen LogP contribution in [0.25, 0.3) is 10.9 Å². The first-order chi connectivity index (χ1) is 11.0. The van der Waals surface area contributed by atoms with Crippen LogP contribution in [0.4, 0.5) is 4.39 Å². The normalized spacial score (nSPS) is 11.3. The molecule has 1 heterocycles. The second kappa shape index (κ2) is 6.13. The molecule has 0 saturated heterocycles. The summed E-state index contributed by atoms with van der Waals surface area (Å²) in [5, 5.41) is 0.823. The van der Waals surface area contributed by atoms with Gasteiger partial charge in [-0.25, -0.2) is 9.37 Å². The van der Waals surface area contributed by atoms with E-state index in [0.29, 0.717) is 27.3 Å². The van der Waals surface area contributed by atoms with Crippen LogP contribution >= 0.6 is 11.6 Å². The van der Waals surface area contributed by atoms with Crippen molar-refractivity contribution in [1.82, 2.24) is 9.55 Å². The lowest BCUT2D eigenvalue weighted by atomic mass is 10.1. The smallest absolute Gasteiger partial charge is 0.261 e. The Labute approximate surface area is 138 Å². The summed E-state index contributed by atoms with van der Waals surface area (Å²) in [4.78, 5) is 17.4. The van der Waals surface area contributed by atoms with Gasteiger partial charge < -0.3 is 0 Å². The highest BCUT2D eigenvalue weighted by Crippen LogP contribution is 2.22.